The van der Waals surface area contributed by atoms with Crippen LogP contribution in [0.5, 0.6) is 0 Å². The quantitative estimate of drug-likeness (QED) is 0.749. The van der Waals surface area contributed by atoms with E-state index >= 15 is 0 Å². The molecule has 22 heavy (non-hydrogen) atoms. The molecule has 0 bridgehead atoms. The summed E-state index contributed by atoms with van der Waals surface area (Å²) in [6.45, 7) is 0.605. The van der Waals surface area contributed by atoms with Crippen molar-refractivity contribution in [1.82, 2.24) is 4.90 Å². The highest BCUT2D eigenvalue weighted by molar-refractivity contribution is 9.10. The second kappa shape index (κ2) is 6.05. The lowest BCUT2D eigenvalue weighted by atomic mass is 9.94. The fourth-order valence-electron chi connectivity index (χ4n) is 2.82. The molecule has 0 heterocycles. The van der Waals surface area contributed by atoms with Gasteiger partial charge in [-0.05, 0) is 48.2 Å². The first-order valence-electron chi connectivity index (χ1n) is 7.27. The van der Waals surface area contributed by atoms with E-state index in [4.69, 9.17) is 11.6 Å². The summed E-state index contributed by atoms with van der Waals surface area (Å²) in [5.41, 5.74) is 1.89. The standard InChI is InChI=1S/C18H17BrClNO/c1-21(12-13-2-8-16(20)9-3-13)17(22)18(10-11-18)14-4-6-15(19)7-5-14/h2-9H,10-12H2,1H3. The number of benzene rings is 2. The fraction of sp³-hybridized carbons (Fsp3) is 0.278. The smallest absolute Gasteiger partial charge is 0.233 e. The van der Waals surface area contributed by atoms with E-state index in [1.54, 1.807) is 0 Å². The summed E-state index contributed by atoms with van der Waals surface area (Å²) in [6, 6.07) is 15.7. The minimum absolute atomic E-state index is 0.199. The summed E-state index contributed by atoms with van der Waals surface area (Å²) in [5.74, 6) is 0.199. The van der Waals surface area contributed by atoms with Crippen molar-refractivity contribution in [2.75, 3.05) is 7.05 Å². The van der Waals surface area contributed by atoms with Gasteiger partial charge in [0, 0.05) is 23.1 Å². The lowest BCUT2D eigenvalue weighted by molar-refractivity contribution is -0.133. The van der Waals surface area contributed by atoms with E-state index in [1.807, 2.05) is 60.5 Å². The molecule has 0 saturated heterocycles. The lowest BCUT2D eigenvalue weighted by Gasteiger charge is -2.24. The lowest BCUT2D eigenvalue weighted by Crippen LogP contribution is -2.36. The van der Waals surface area contributed by atoms with Gasteiger partial charge in [0.15, 0.2) is 0 Å². The van der Waals surface area contributed by atoms with Crippen LogP contribution in [0, 0.1) is 0 Å². The van der Waals surface area contributed by atoms with Crippen molar-refractivity contribution in [2.45, 2.75) is 24.8 Å². The third-order valence-corrected chi connectivity index (χ3v) is 5.02. The Balaban J connectivity index is 1.75. The average molecular weight is 379 g/mol. The molecule has 1 saturated carbocycles. The Morgan fingerprint density at radius 1 is 1.14 bits per heavy atom. The molecular weight excluding hydrogens is 362 g/mol. The van der Waals surface area contributed by atoms with Crippen LogP contribution in [0.25, 0.3) is 0 Å². The molecule has 2 aromatic rings. The van der Waals surface area contributed by atoms with Gasteiger partial charge in [-0.2, -0.15) is 0 Å². The predicted molar refractivity (Wildman–Crippen MR) is 93.0 cm³/mol. The first kappa shape index (κ1) is 15.6. The fourth-order valence-corrected chi connectivity index (χ4v) is 3.21. The summed E-state index contributed by atoms with van der Waals surface area (Å²) in [7, 11) is 1.87. The Bertz CT molecular complexity index is 677. The number of rotatable bonds is 4. The van der Waals surface area contributed by atoms with Crippen molar-refractivity contribution in [2.24, 2.45) is 0 Å². The zero-order chi connectivity index (χ0) is 15.7. The van der Waals surface area contributed by atoms with Gasteiger partial charge in [0.25, 0.3) is 0 Å². The molecular formula is C18H17BrClNO. The van der Waals surface area contributed by atoms with Crippen molar-refractivity contribution in [3.05, 3.63) is 69.2 Å². The van der Waals surface area contributed by atoms with Crippen molar-refractivity contribution < 1.29 is 4.79 Å². The number of amides is 1. The Morgan fingerprint density at radius 3 is 2.27 bits per heavy atom. The summed E-state index contributed by atoms with van der Waals surface area (Å²) in [6.07, 6.45) is 1.86. The molecule has 1 aliphatic rings. The van der Waals surface area contributed by atoms with Gasteiger partial charge < -0.3 is 4.90 Å². The van der Waals surface area contributed by atoms with E-state index in [-0.39, 0.29) is 11.3 Å². The summed E-state index contributed by atoms with van der Waals surface area (Å²) in [4.78, 5) is 14.7. The summed E-state index contributed by atoms with van der Waals surface area (Å²) in [5, 5.41) is 0.714. The molecule has 4 heteroatoms. The SMILES string of the molecule is CN(Cc1ccc(Cl)cc1)C(=O)C1(c2ccc(Br)cc2)CC1. The van der Waals surface area contributed by atoms with Gasteiger partial charge in [-0.1, -0.05) is 51.8 Å². The van der Waals surface area contributed by atoms with E-state index in [1.165, 1.54) is 0 Å². The molecule has 0 aliphatic heterocycles. The molecule has 0 aromatic heterocycles. The normalized spacial score (nSPS) is 15.4. The number of nitrogens with zero attached hydrogens (tertiary/aromatic N) is 1. The molecule has 0 unspecified atom stereocenters. The topological polar surface area (TPSA) is 20.3 Å². The van der Waals surface area contributed by atoms with Crippen molar-refractivity contribution in [1.29, 1.82) is 0 Å². The van der Waals surface area contributed by atoms with Crippen LogP contribution >= 0.6 is 27.5 Å². The number of hydrogen-bond acceptors (Lipinski definition) is 1. The number of hydrogen-bond donors (Lipinski definition) is 0. The third kappa shape index (κ3) is 3.06. The van der Waals surface area contributed by atoms with Crippen LogP contribution in [0.15, 0.2) is 53.0 Å². The highest BCUT2D eigenvalue weighted by Crippen LogP contribution is 2.49. The highest BCUT2D eigenvalue weighted by Gasteiger charge is 2.52. The van der Waals surface area contributed by atoms with Gasteiger partial charge in [-0.15, -0.1) is 0 Å². The van der Waals surface area contributed by atoms with E-state index in [0.717, 1.165) is 28.4 Å². The molecule has 0 radical (unpaired) electrons. The minimum Gasteiger partial charge on any atom is -0.341 e. The predicted octanol–water partition coefficient (Wildman–Crippen LogP) is 4.79. The molecule has 2 nitrogen and oxygen atoms in total. The Morgan fingerprint density at radius 2 is 1.73 bits per heavy atom. The molecule has 0 spiro atoms. The van der Waals surface area contributed by atoms with Gasteiger partial charge in [-0.25, -0.2) is 0 Å². The van der Waals surface area contributed by atoms with E-state index in [2.05, 4.69) is 15.9 Å². The van der Waals surface area contributed by atoms with Gasteiger partial charge in [0.05, 0.1) is 5.41 Å². The number of halogens is 2. The van der Waals surface area contributed by atoms with Gasteiger partial charge >= 0.3 is 0 Å². The molecule has 2 aromatic carbocycles. The van der Waals surface area contributed by atoms with E-state index in [9.17, 15) is 4.79 Å². The number of carbonyl (C=O) groups is 1. The van der Waals surface area contributed by atoms with Crippen LogP contribution in [0.3, 0.4) is 0 Å². The maximum absolute atomic E-state index is 12.9. The first-order chi connectivity index (χ1) is 10.5. The molecule has 0 N–H and O–H groups in total. The molecule has 1 amide bonds. The second-order valence-corrected chi connectivity index (χ2v) is 7.23. The van der Waals surface area contributed by atoms with Crippen LogP contribution in [0.4, 0.5) is 0 Å². The molecule has 0 atom stereocenters. The average Bonchev–Trinajstić information content (AvgIpc) is 3.31. The van der Waals surface area contributed by atoms with Crippen LogP contribution in [-0.4, -0.2) is 17.9 Å². The third-order valence-electron chi connectivity index (χ3n) is 4.24. The number of carbonyl (C=O) groups excluding carboxylic acids is 1. The minimum atomic E-state index is -0.318. The van der Waals surface area contributed by atoms with E-state index in [0.29, 0.717) is 11.6 Å². The first-order valence-corrected chi connectivity index (χ1v) is 8.44. The van der Waals surface area contributed by atoms with Crippen LogP contribution < -0.4 is 0 Å². The zero-order valence-electron chi connectivity index (χ0n) is 12.4. The summed E-state index contributed by atoms with van der Waals surface area (Å²) < 4.78 is 1.04. The Labute approximate surface area is 144 Å². The Kier molecular flexibility index (Phi) is 4.28. The maximum atomic E-state index is 12.9. The Hall–Kier alpha value is -1.32. The zero-order valence-corrected chi connectivity index (χ0v) is 14.7. The molecule has 1 aliphatic carbocycles. The van der Waals surface area contributed by atoms with Crippen LogP contribution in [0.1, 0.15) is 24.0 Å². The van der Waals surface area contributed by atoms with Gasteiger partial charge in [0.2, 0.25) is 5.91 Å². The van der Waals surface area contributed by atoms with Crippen molar-refractivity contribution >= 4 is 33.4 Å². The molecule has 114 valence electrons. The van der Waals surface area contributed by atoms with Gasteiger partial charge in [-0.3, -0.25) is 4.79 Å². The van der Waals surface area contributed by atoms with Crippen molar-refractivity contribution in [3.8, 4) is 0 Å². The van der Waals surface area contributed by atoms with Crippen LogP contribution in [0.2, 0.25) is 5.02 Å². The van der Waals surface area contributed by atoms with E-state index < -0.39 is 0 Å². The molecule has 1 fully saturated rings. The monoisotopic (exact) mass is 377 g/mol. The van der Waals surface area contributed by atoms with Gasteiger partial charge in [0.1, 0.15) is 0 Å². The summed E-state index contributed by atoms with van der Waals surface area (Å²) >= 11 is 9.34. The molecule has 3 rings (SSSR count). The largest absolute Gasteiger partial charge is 0.341 e. The van der Waals surface area contributed by atoms with Crippen molar-refractivity contribution in [3.63, 3.8) is 0 Å². The van der Waals surface area contributed by atoms with Crippen LogP contribution in [-0.2, 0) is 16.8 Å². The number of likely N-dealkylation sites (N-methyl/N-ethyl adjacent to an activating group) is 1. The second-order valence-electron chi connectivity index (χ2n) is 5.88. The highest BCUT2D eigenvalue weighted by atomic mass is 79.9. The maximum Gasteiger partial charge on any atom is 0.233 e.